The lowest BCUT2D eigenvalue weighted by Crippen LogP contribution is -2.46. The molecule has 1 aliphatic rings. The van der Waals surface area contributed by atoms with Crippen LogP contribution in [0.1, 0.15) is 36.0 Å². The number of para-hydroxylation sites is 1. The summed E-state index contributed by atoms with van der Waals surface area (Å²) in [5, 5.41) is 13.6. The lowest BCUT2D eigenvalue weighted by Gasteiger charge is -2.21. The second kappa shape index (κ2) is 8.63. The summed E-state index contributed by atoms with van der Waals surface area (Å²) in [7, 11) is -3.84. The second-order valence-electron chi connectivity index (χ2n) is 6.61. The van der Waals surface area contributed by atoms with E-state index < -0.39 is 34.0 Å². The summed E-state index contributed by atoms with van der Waals surface area (Å²) < 4.78 is 32.4. The topological polar surface area (TPSA) is 125 Å². The Bertz CT molecular complexity index is 1040. The molecule has 0 atom stereocenters. The molecule has 2 N–H and O–H groups in total. The third-order valence-electron chi connectivity index (χ3n) is 4.54. The van der Waals surface area contributed by atoms with Crippen LogP contribution in [-0.4, -0.2) is 32.4 Å². The molecule has 8 nitrogen and oxygen atoms in total. The van der Waals surface area contributed by atoms with E-state index >= 15 is 0 Å². The molecule has 0 bridgehead atoms. The Morgan fingerprint density at radius 3 is 2.55 bits per heavy atom. The molecule has 152 valence electrons. The molecule has 0 aliphatic heterocycles. The van der Waals surface area contributed by atoms with E-state index in [4.69, 9.17) is 4.74 Å². The zero-order valence-electron chi connectivity index (χ0n) is 15.4. The summed E-state index contributed by atoms with van der Waals surface area (Å²) in [6.45, 7) is -0.561. The van der Waals surface area contributed by atoms with Crippen molar-refractivity contribution in [2.45, 2.75) is 35.4 Å². The number of rotatable bonds is 7. The first-order chi connectivity index (χ1) is 13.9. The van der Waals surface area contributed by atoms with Crippen LogP contribution in [0.2, 0.25) is 0 Å². The van der Waals surface area contributed by atoms with Gasteiger partial charge in [-0.2, -0.15) is 5.26 Å². The van der Waals surface area contributed by atoms with Crippen LogP contribution in [0.4, 0.5) is 5.69 Å². The minimum atomic E-state index is -3.84. The Hall–Kier alpha value is -2.90. The Balaban J connectivity index is 1.66. The van der Waals surface area contributed by atoms with Gasteiger partial charge in [0.1, 0.15) is 9.75 Å². The minimum Gasteiger partial charge on any atom is -0.452 e. The van der Waals surface area contributed by atoms with Crippen molar-refractivity contribution in [2.24, 2.45) is 0 Å². The van der Waals surface area contributed by atoms with E-state index in [-0.39, 0.29) is 15.5 Å². The van der Waals surface area contributed by atoms with Gasteiger partial charge in [-0.05, 0) is 49.3 Å². The van der Waals surface area contributed by atoms with Crippen LogP contribution in [0.25, 0.3) is 0 Å². The minimum absolute atomic E-state index is 0.0173. The normalized spacial score (nSPS) is 15.3. The number of carbonyl (C=O) groups is 2. The van der Waals surface area contributed by atoms with E-state index in [1.54, 1.807) is 23.6 Å². The van der Waals surface area contributed by atoms with Crippen LogP contribution in [0.5, 0.6) is 0 Å². The number of nitriles is 1. The number of sulfonamides is 1. The quantitative estimate of drug-likeness (QED) is 0.647. The molecule has 1 saturated carbocycles. The Morgan fingerprint density at radius 1 is 1.17 bits per heavy atom. The molecule has 1 aromatic heterocycles. The smallest absolute Gasteiger partial charge is 0.340 e. The van der Waals surface area contributed by atoms with Gasteiger partial charge in [-0.15, -0.1) is 11.3 Å². The number of esters is 1. The summed E-state index contributed by atoms with van der Waals surface area (Å²) in [4.78, 5) is 24.5. The largest absolute Gasteiger partial charge is 0.452 e. The number of hydrogen-bond acceptors (Lipinski definition) is 7. The van der Waals surface area contributed by atoms with Gasteiger partial charge in [-0.25, -0.2) is 13.2 Å². The molecular formula is C19H19N3O5S2. The third kappa shape index (κ3) is 4.93. The number of amides is 1. The van der Waals surface area contributed by atoms with Gasteiger partial charge in [0.05, 0.1) is 17.3 Å². The predicted molar refractivity (Wildman–Crippen MR) is 107 cm³/mol. The zero-order chi connectivity index (χ0) is 20.9. The molecule has 3 rings (SSSR count). The molecule has 0 saturated heterocycles. The highest BCUT2D eigenvalue weighted by Crippen LogP contribution is 2.29. The maximum Gasteiger partial charge on any atom is 0.340 e. The molecule has 10 heteroatoms. The number of benzene rings is 1. The van der Waals surface area contributed by atoms with Crippen molar-refractivity contribution in [3.63, 3.8) is 0 Å². The molecule has 0 spiro atoms. The molecule has 1 amide bonds. The van der Waals surface area contributed by atoms with Crippen molar-refractivity contribution in [3.05, 3.63) is 47.3 Å². The van der Waals surface area contributed by atoms with Gasteiger partial charge in [0.25, 0.3) is 15.9 Å². The first-order valence-electron chi connectivity index (χ1n) is 8.90. The van der Waals surface area contributed by atoms with Crippen molar-refractivity contribution < 1.29 is 22.7 Å². The van der Waals surface area contributed by atoms with Crippen molar-refractivity contribution >= 4 is 38.9 Å². The predicted octanol–water partition coefficient (Wildman–Crippen LogP) is 2.66. The van der Waals surface area contributed by atoms with Crippen molar-refractivity contribution in [1.29, 1.82) is 5.26 Å². The highest BCUT2D eigenvalue weighted by Gasteiger charge is 2.35. The summed E-state index contributed by atoms with van der Waals surface area (Å²) in [6, 6.07) is 11.2. The number of nitrogens with zero attached hydrogens (tertiary/aromatic N) is 1. The fourth-order valence-corrected chi connectivity index (χ4v) is 5.19. The highest BCUT2D eigenvalue weighted by atomic mass is 32.2. The zero-order valence-corrected chi connectivity index (χ0v) is 17.0. The van der Waals surface area contributed by atoms with Crippen LogP contribution in [0.3, 0.4) is 0 Å². The summed E-state index contributed by atoms with van der Waals surface area (Å²) >= 11 is 1.05. The molecule has 1 aromatic carbocycles. The van der Waals surface area contributed by atoms with E-state index in [9.17, 15) is 23.3 Å². The van der Waals surface area contributed by atoms with E-state index in [2.05, 4.69) is 16.1 Å². The SMILES string of the molecule is N#CC1(NC(=O)COC(=O)c2ccccc2NS(=O)(=O)c2cccs2)CCCC1. The summed E-state index contributed by atoms with van der Waals surface area (Å²) in [6.07, 6.45) is 2.84. The Kier molecular flexibility index (Phi) is 6.20. The van der Waals surface area contributed by atoms with Gasteiger partial charge in [0.2, 0.25) is 0 Å². The fraction of sp³-hybridized carbons (Fsp3) is 0.316. The van der Waals surface area contributed by atoms with Gasteiger partial charge >= 0.3 is 5.97 Å². The van der Waals surface area contributed by atoms with Gasteiger partial charge in [0, 0.05) is 0 Å². The Labute approximate surface area is 172 Å². The number of anilines is 1. The first kappa shape index (κ1) is 20.8. The average molecular weight is 434 g/mol. The van der Waals surface area contributed by atoms with E-state index in [1.165, 1.54) is 18.2 Å². The maximum atomic E-state index is 12.4. The highest BCUT2D eigenvalue weighted by molar-refractivity contribution is 7.94. The van der Waals surface area contributed by atoms with E-state index in [1.807, 2.05) is 0 Å². The lowest BCUT2D eigenvalue weighted by atomic mass is 10.00. The summed E-state index contributed by atoms with van der Waals surface area (Å²) in [5.74, 6) is -1.42. The van der Waals surface area contributed by atoms with Crippen molar-refractivity contribution in [1.82, 2.24) is 5.32 Å². The van der Waals surface area contributed by atoms with Crippen LogP contribution in [0, 0.1) is 11.3 Å². The number of hydrogen-bond donors (Lipinski definition) is 2. The van der Waals surface area contributed by atoms with Gasteiger partial charge < -0.3 is 10.1 Å². The number of thiophene rings is 1. The standard InChI is InChI=1S/C19H19N3O5S2/c20-13-19(9-3-4-10-19)21-16(23)12-27-18(24)14-6-1-2-7-15(14)22-29(25,26)17-8-5-11-28-17/h1-2,5-8,11,22H,3-4,9-10,12H2,(H,21,23). The number of ether oxygens (including phenoxy) is 1. The molecule has 29 heavy (non-hydrogen) atoms. The van der Waals surface area contributed by atoms with Crippen LogP contribution in [0.15, 0.2) is 46.0 Å². The van der Waals surface area contributed by atoms with Crippen LogP contribution in [-0.2, 0) is 19.6 Å². The van der Waals surface area contributed by atoms with E-state index in [0.29, 0.717) is 12.8 Å². The average Bonchev–Trinajstić information content (AvgIpc) is 3.39. The maximum absolute atomic E-state index is 12.4. The van der Waals surface area contributed by atoms with Crippen LogP contribution >= 0.6 is 11.3 Å². The molecular weight excluding hydrogens is 414 g/mol. The van der Waals surface area contributed by atoms with Gasteiger partial charge in [-0.1, -0.05) is 18.2 Å². The van der Waals surface area contributed by atoms with Crippen LogP contribution < -0.4 is 10.0 Å². The lowest BCUT2D eigenvalue weighted by molar-refractivity contribution is -0.125. The second-order valence-corrected chi connectivity index (χ2v) is 9.47. The monoisotopic (exact) mass is 433 g/mol. The molecule has 1 fully saturated rings. The fourth-order valence-electron chi connectivity index (χ4n) is 3.12. The molecule has 0 radical (unpaired) electrons. The van der Waals surface area contributed by atoms with Gasteiger partial charge in [-0.3, -0.25) is 9.52 Å². The number of carbonyl (C=O) groups excluding carboxylic acids is 2. The third-order valence-corrected chi connectivity index (χ3v) is 7.30. The molecule has 2 aromatic rings. The first-order valence-corrected chi connectivity index (χ1v) is 11.3. The van der Waals surface area contributed by atoms with E-state index in [0.717, 1.165) is 24.2 Å². The molecule has 1 heterocycles. The van der Waals surface area contributed by atoms with Crippen molar-refractivity contribution in [3.8, 4) is 6.07 Å². The number of nitrogens with one attached hydrogen (secondary N) is 2. The summed E-state index contributed by atoms with van der Waals surface area (Å²) in [5.41, 5.74) is -0.871. The molecule has 0 unspecified atom stereocenters. The van der Waals surface area contributed by atoms with Crippen molar-refractivity contribution in [2.75, 3.05) is 11.3 Å². The van der Waals surface area contributed by atoms with Gasteiger partial charge in [0.15, 0.2) is 6.61 Å². The Morgan fingerprint density at radius 2 is 1.90 bits per heavy atom. The molecule has 1 aliphatic carbocycles.